The summed E-state index contributed by atoms with van der Waals surface area (Å²) in [6.07, 6.45) is 1.68. The van der Waals surface area contributed by atoms with Gasteiger partial charge >= 0.3 is 0 Å². The summed E-state index contributed by atoms with van der Waals surface area (Å²) in [6.45, 7) is 4.33. The van der Waals surface area contributed by atoms with E-state index in [4.69, 9.17) is 9.26 Å². The van der Waals surface area contributed by atoms with E-state index < -0.39 is 0 Å². The van der Waals surface area contributed by atoms with E-state index in [1.807, 2.05) is 66.7 Å². The predicted octanol–water partition coefficient (Wildman–Crippen LogP) is 4.73. The number of aromatic nitrogens is 2. The molecule has 0 saturated carbocycles. The monoisotopic (exact) mass is 399 g/mol. The summed E-state index contributed by atoms with van der Waals surface area (Å²) in [7, 11) is 1.61. The van der Waals surface area contributed by atoms with Crippen molar-refractivity contribution in [3.8, 4) is 17.1 Å². The van der Waals surface area contributed by atoms with Gasteiger partial charge in [0.05, 0.1) is 7.11 Å². The molecule has 1 heterocycles. The van der Waals surface area contributed by atoms with Crippen molar-refractivity contribution in [2.45, 2.75) is 6.54 Å². The molecule has 0 bridgehead atoms. The van der Waals surface area contributed by atoms with Gasteiger partial charge in [0, 0.05) is 17.7 Å². The smallest absolute Gasteiger partial charge is 0.255 e. The van der Waals surface area contributed by atoms with E-state index in [0.717, 1.165) is 22.1 Å². The summed E-state index contributed by atoms with van der Waals surface area (Å²) < 4.78 is 10.6. The molecule has 4 rings (SSSR count). The third kappa shape index (κ3) is 3.93. The lowest BCUT2D eigenvalue weighted by Crippen LogP contribution is -2.31. The molecule has 4 aromatic rings. The Hall–Kier alpha value is -3.93. The molecular formula is C24H21N3O3. The Morgan fingerprint density at radius 1 is 1.10 bits per heavy atom. The molecule has 0 aliphatic heterocycles. The summed E-state index contributed by atoms with van der Waals surface area (Å²) in [5.74, 6) is 1.45. The number of carbonyl (C=O) groups is 1. The van der Waals surface area contributed by atoms with E-state index in [2.05, 4.69) is 16.7 Å². The van der Waals surface area contributed by atoms with Crippen LogP contribution < -0.4 is 4.74 Å². The van der Waals surface area contributed by atoms with Crippen LogP contribution in [0.5, 0.6) is 5.75 Å². The molecule has 0 unspecified atom stereocenters. The van der Waals surface area contributed by atoms with E-state index in [-0.39, 0.29) is 12.5 Å². The second-order valence-corrected chi connectivity index (χ2v) is 6.74. The Labute approximate surface area is 174 Å². The maximum atomic E-state index is 13.3. The molecule has 1 amide bonds. The normalized spacial score (nSPS) is 10.7. The maximum Gasteiger partial charge on any atom is 0.255 e. The highest BCUT2D eigenvalue weighted by atomic mass is 16.5. The zero-order chi connectivity index (χ0) is 20.9. The van der Waals surface area contributed by atoms with Crippen molar-refractivity contribution in [2.24, 2.45) is 0 Å². The highest BCUT2D eigenvalue weighted by Gasteiger charge is 2.20. The van der Waals surface area contributed by atoms with Crippen molar-refractivity contribution in [1.29, 1.82) is 0 Å². The standard InChI is InChI=1S/C24H21N3O3/c1-3-15-27(24(28)21-10-6-8-17-7-4-5-9-20(17)21)16-22-25-23(26-30-22)18-11-13-19(29-2)14-12-18/h3-14H,1,15-16H2,2H3. The summed E-state index contributed by atoms with van der Waals surface area (Å²) >= 11 is 0. The highest BCUT2D eigenvalue weighted by Crippen LogP contribution is 2.22. The maximum absolute atomic E-state index is 13.3. The molecular weight excluding hydrogens is 378 g/mol. The Kier molecular flexibility index (Phi) is 5.57. The van der Waals surface area contributed by atoms with Crippen LogP contribution in [0.3, 0.4) is 0 Å². The van der Waals surface area contributed by atoms with Gasteiger partial charge in [-0.05, 0) is 41.1 Å². The second kappa shape index (κ2) is 8.61. The van der Waals surface area contributed by atoms with Gasteiger partial charge in [-0.3, -0.25) is 4.79 Å². The fraction of sp³-hybridized carbons (Fsp3) is 0.125. The quantitative estimate of drug-likeness (QED) is 0.420. The van der Waals surface area contributed by atoms with E-state index in [1.54, 1.807) is 18.1 Å². The molecule has 3 aromatic carbocycles. The fourth-order valence-electron chi connectivity index (χ4n) is 3.30. The molecule has 1 aromatic heterocycles. The zero-order valence-electron chi connectivity index (χ0n) is 16.6. The summed E-state index contributed by atoms with van der Waals surface area (Å²) in [5.41, 5.74) is 1.44. The Balaban J connectivity index is 1.58. The van der Waals surface area contributed by atoms with Crippen LogP contribution >= 0.6 is 0 Å². The molecule has 6 nitrogen and oxygen atoms in total. The average molecular weight is 399 g/mol. The second-order valence-electron chi connectivity index (χ2n) is 6.74. The largest absolute Gasteiger partial charge is 0.497 e. The summed E-state index contributed by atoms with van der Waals surface area (Å²) in [5, 5.41) is 5.97. The molecule has 0 spiro atoms. The van der Waals surface area contributed by atoms with Crippen LogP contribution in [-0.2, 0) is 6.54 Å². The molecule has 0 aliphatic carbocycles. The van der Waals surface area contributed by atoms with E-state index in [1.165, 1.54) is 0 Å². The van der Waals surface area contributed by atoms with Crippen molar-refractivity contribution < 1.29 is 14.1 Å². The van der Waals surface area contributed by atoms with E-state index >= 15 is 0 Å². The molecule has 0 radical (unpaired) electrons. The summed E-state index contributed by atoms with van der Waals surface area (Å²) in [6, 6.07) is 20.9. The molecule has 0 saturated heterocycles. The third-order valence-corrected chi connectivity index (χ3v) is 4.80. The van der Waals surface area contributed by atoms with Crippen LogP contribution in [0, 0.1) is 0 Å². The minimum atomic E-state index is -0.115. The molecule has 6 heteroatoms. The number of methoxy groups -OCH3 is 1. The predicted molar refractivity (Wildman–Crippen MR) is 115 cm³/mol. The number of ether oxygens (including phenoxy) is 1. The van der Waals surface area contributed by atoms with Crippen LogP contribution in [0.4, 0.5) is 0 Å². The van der Waals surface area contributed by atoms with Crippen LogP contribution in [0.25, 0.3) is 22.2 Å². The number of benzene rings is 3. The van der Waals surface area contributed by atoms with Gasteiger partial charge in [0.1, 0.15) is 12.3 Å². The average Bonchev–Trinajstić information content (AvgIpc) is 3.26. The van der Waals surface area contributed by atoms with Gasteiger partial charge in [0.15, 0.2) is 0 Å². The molecule has 0 atom stereocenters. The first-order valence-electron chi connectivity index (χ1n) is 9.54. The van der Waals surface area contributed by atoms with Gasteiger partial charge in [-0.25, -0.2) is 0 Å². The first kappa shape index (κ1) is 19.4. The lowest BCUT2D eigenvalue weighted by atomic mass is 10.0. The Bertz CT molecular complexity index is 1180. The van der Waals surface area contributed by atoms with E-state index in [9.17, 15) is 4.79 Å². The number of nitrogens with zero attached hydrogens (tertiary/aromatic N) is 3. The van der Waals surface area contributed by atoms with Crippen molar-refractivity contribution >= 4 is 16.7 Å². The number of rotatable bonds is 7. The minimum Gasteiger partial charge on any atom is -0.497 e. The fourth-order valence-corrected chi connectivity index (χ4v) is 3.30. The van der Waals surface area contributed by atoms with Crippen LogP contribution in [-0.4, -0.2) is 34.6 Å². The third-order valence-electron chi connectivity index (χ3n) is 4.80. The van der Waals surface area contributed by atoms with Crippen molar-refractivity contribution in [3.05, 3.63) is 90.8 Å². The zero-order valence-corrected chi connectivity index (χ0v) is 16.6. The van der Waals surface area contributed by atoms with Gasteiger partial charge < -0.3 is 14.2 Å². The number of hydrogen-bond donors (Lipinski definition) is 0. The topological polar surface area (TPSA) is 68.5 Å². The van der Waals surface area contributed by atoms with Crippen LogP contribution in [0.2, 0.25) is 0 Å². The van der Waals surface area contributed by atoms with Gasteiger partial charge in [-0.2, -0.15) is 4.98 Å². The lowest BCUT2D eigenvalue weighted by molar-refractivity contribution is 0.0747. The lowest BCUT2D eigenvalue weighted by Gasteiger charge is -2.20. The highest BCUT2D eigenvalue weighted by molar-refractivity contribution is 6.07. The van der Waals surface area contributed by atoms with Gasteiger partial charge in [0.2, 0.25) is 11.7 Å². The number of hydrogen-bond acceptors (Lipinski definition) is 5. The molecule has 0 aliphatic rings. The van der Waals surface area contributed by atoms with Crippen LogP contribution in [0.15, 0.2) is 83.9 Å². The Morgan fingerprint density at radius 2 is 1.87 bits per heavy atom. The molecule has 0 N–H and O–H groups in total. The Morgan fingerprint density at radius 3 is 2.63 bits per heavy atom. The summed E-state index contributed by atoms with van der Waals surface area (Å²) in [4.78, 5) is 19.4. The number of carbonyl (C=O) groups excluding carboxylic acids is 1. The first-order chi connectivity index (χ1) is 14.7. The van der Waals surface area contributed by atoms with Gasteiger partial charge in [-0.1, -0.05) is 47.6 Å². The van der Waals surface area contributed by atoms with Crippen molar-refractivity contribution in [3.63, 3.8) is 0 Å². The van der Waals surface area contributed by atoms with Crippen molar-refractivity contribution in [2.75, 3.05) is 13.7 Å². The van der Waals surface area contributed by atoms with E-state index in [0.29, 0.717) is 23.8 Å². The van der Waals surface area contributed by atoms with Crippen molar-refractivity contribution in [1.82, 2.24) is 15.0 Å². The van der Waals surface area contributed by atoms with Crippen LogP contribution in [0.1, 0.15) is 16.2 Å². The molecule has 0 fully saturated rings. The molecule has 150 valence electrons. The van der Waals surface area contributed by atoms with Gasteiger partial charge in [0.25, 0.3) is 5.91 Å². The number of amides is 1. The first-order valence-corrected chi connectivity index (χ1v) is 9.54. The number of fused-ring (bicyclic) bond motifs is 1. The SMILES string of the molecule is C=CCN(Cc1nc(-c2ccc(OC)cc2)no1)C(=O)c1cccc2ccccc12. The minimum absolute atomic E-state index is 0.115. The molecule has 30 heavy (non-hydrogen) atoms. The van der Waals surface area contributed by atoms with Gasteiger partial charge in [-0.15, -0.1) is 6.58 Å².